The average molecular weight is 402 g/mol. The van der Waals surface area contributed by atoms with E-state index in [1.165, 1.54) is 4.90 Å². The van der Waals surface area contributed by atoms with Crippen LogP contribution in [-0.2, 0) is 9.59 Å². The molecule has 0 spiro atoms. The van der Waals surface area contributed by atoms with Gasteiger partial charge in [0.25, 0.3) is 11.7 Å². The highest BCUT2D eigenvalue weighted by molar-refractivity contribution is 6.46. The summed E-state index contributed by atoms with van der Waals surface area (Å²) in [5.41, 5.74) is 0.985. The van der Waals surface area contributed by atoms with Crippen molar-refractivity contribution >= 4 is 29.1 Å². The zero-order valence-electron chi connectivity index (χ0n) is 15.3. The molecule has 1 aliphatic rings. The van der Waals surface area contributed by atoms with Gasteiger partial charge in [-0.2, -0.15) is 0 Å². The lowest BCUT2D eigenvalue weighted by Crippen LogP contribution is -2.32. The first-order valence-electron chi connectivity index (χ1n) is 8.86. The Morgan fingerprint density at radius 1 is 1.11 bits per heavy atom. The minimum absolute atomic E-state index is 0.0232. The summed E-state index contributed by atoms with van der Waals surface area (Å²) in [5, 5.41) is 20.7. The average Bonchev–Trinajstić information content (AvgIpc) is 2.94. The van der Waals surface area contributed by atoms with Gasteiger partial charge in [-0.15, -0.1) is 0 Å². The minimum Gasteiger partial charge on any atom is -0.507 e. The molecule has 7 heteroatoms. The monoisotopic (exact) mass is 401 g/mol. The van der Waals surface area contributed by atoms with Crippen molar-refractivity contribution in [1.29, 1.82) is 0 Å². The van der Waals surface area contributed by atoms with Crippen LogP contribution in [-0.4, -0.2) is 46.6 Å². The van der Waals surface area contributed by atoms with E-state index in [0.29, 0.717) is 28.5 Å². The van der Waals surface area contributed by atoms with Gasteiger partial charge in [-0.3, -0.25) is 9.59 Å². The number of benzene rings is 2. The number of ether oxygens (including phenoxy) is 1. The molecule has 0 bridgehead atoms. The first-order valence-corrected chi connectivity index (χ1v) is 9.23. The van der Waals surface area contributed by atoms with Crippen LogP contribution >= 0.6 is 11.6 Å². The van der Waals surface area contributed by atoms with E-state index in [1.807, 2.05) is 6.92 Å². The lowest BCUT2D eigenvalue weighted by atomic mass is 9.95. The molecule has 3 rings (SSSR count). The topological polar surface area (TPSA) is 87.1 Å². The molecule has 2 N–H and O–H groups in total. The Balaban J connectivity index is 2.10. The number of nitrogens with zero attached hydrogens (tertiary/aromatic N) is 1. The predicted octanol–water partition coefficient (Wildman–Crippen LogP) is 3.15. The molecule has 1 heterocycles. The molecule has 0 saturated carbocycles. The number of aliphatic hydroxyl groups is 2. The molecule has 6 nitrogen and oxygen atoms in total. The number of carbonyl (C=O) groups excluding carboxylic acids is 2. The number of Topliss-reactive ketones (excluding diaryl/α,β-unsaturated/α-hetero) is 1. The second kappa shape index (κ2) is 8.46. The quantitative estimate of drug-likeness (QED) is 0.441. The molecular weight excluding hydrogens is 382 g/mol. The van der Waals surface area contributed by atoms with Crippen molar-refractivity contribution in [3.05, 3.63) is 70.3 Å². The Hall–Kier alpha value is -2.83. The molecule has 1 amide bonds. The van der Waals surface area contributed by atoms with Gasteiger partial charge in [0.05, 0.1) is 24.8 Å². The lowest BCUT2D eigenvalue weighted by molar-refractivity contribution is -0.140. The smallest absolute Gasteiger partial charge is 0.295 e. The van der Waals surface area contributed by atoms with Crippen LogP contribution in [0, 0.1) is 0 Å². The van der Waals surface area contributed by atoms with Crippen LogP contribution in [0.2, 0.25) is 5.02 Å². The van der Waals surface area contributed by atoms with Crippen LogP contribution in [0.5, 0.6) is 5.75 Å². The lowest BCUT2D eigenvalue weighted by Gasteiger charge is -2.24. The van der Waals surface area contributed by atoms with Crippen molar-refractivity contribution in [3.63, 3.8) is 0 Å². The minimum atomic E-state index is -0.809. The zero-order valence-corrected chi connectivity index (χ0v) is 16.0. The Morgan fingerprint density at radius 2 is 1.75 bits per heavy atom. The number of likely N-dealkylation sites (tertiary alicyclic amines) is 1. The fraction of sp³-hybridized carbons (Fsp3) is 0.238. The summed E-state index contributed by atoms with van der Waals surface area (Å²) in [6.45, 7) is 2.04. The van der Waals surface area contributed by atoms with Crippen LogP contribution in [0.15, 0.2) is 54.1 Å². The van der Waals surface area contributed by atoms with Crippen LogP contribution < -0.4 is 4.74 Å². The first-order chi connectivity index (χ1) is 13.5. The van der Waals surface area contributed by atoms with E-state index in [1.54, 1.807) is 48.5 Å². The number of hydrogen-bond acceptors (Lipinski definition) is 5. The number of carbonyl (C=O) groups is 2. The summed E-state index contributed by atoms with van der Waals surface area (Å²) >= 11 is 5.95. The van der Waals surface area contributed by atoms with Gasteiger partial charge in [0.15, 0.2) is 0 Å². The van der Waals surface area contributed by atoms with Crippen molar-refractivity contribution in [2.24, 2.45) is 0 Å². The van der Waals surface area contributed by atoms with Gasteiger partial charge in [0, 0.05) is 17.1 Å². The third kappa shape index (κ3) is 3.74. The van der Waals surface area contributed by atoms with Crippen molar-refractivity contribution in [1.82, 2.24) is 4.90 Å². The van der Waals surface area contributed by atoms with Gasteiger partial charge >= 0.3 is 0 Å². The third-order valence-electron chi connectivity index (χ3n) is 4.51. The van der Waals surface area contributed by atoms with Gasteiger partial charge in [-0.25, -0.2) is 0 Å². The highest BCUT2D eigenvalue weighted by Gasteiger charge is 2.45. The number of aliphatic hydroxyl groups excluding tert-OH is 2. The summed E-state index contributed by atoms with van der Waals surface area (Å²) < 4.78 is 5.39. The molecule has 0 aliphatic carbocycles. The zero-order chi connectivity index (χ0) is 20.3. The molecular formula is C21H20ClNO5. The SMILES string of the molecule is CCOc1ccc(/C(O)=C2\C(=O)C(=O)N(CCO)C2c2ccc(Cl)cc2)cc1. The summed E-state index contributed by atoms with van der Waals surface area (Å²) in [7, 11) is 0. The molecule has 146 valence electrons. The Labute approximate surface area is 167 Å². The second-order valence-corrected chi connectivity index (χ2v) is 6.66. The summed E-state index contributed by atoms with van der Waals surface area (Å²) in [6.07, 6.45) is 0. The Kier molecular flexibility index (Phi) is 6.02. The second-order valence-electron chi connectivity index (χ2n) is 6.23. The van der Waals surface area contributed by atoms with E-state index in [0.717, 1.165) is 0 Å². The van der Waals surface area contributed by atoms with Crippen LogP contribution in [0.4, 0.5) is 0 Å². The summed E-state index contributed by atoms with van der Waals surface area (Å²) in [6, 6.07) is 12.5. The van der Waals surface area contributed by atoms with Crippen molar-refractivity contribution in [2.45, 2.75) is 13.0 Å². The largest absolute Gasteiger partial charge is 0.507 e. The van der Waals surface area contributed by atoms with Crippen molar-refractivity contribution < 1.29 is 24.5 Å². The van der Waals surface area contributed by atoms with E-state index in [4.69, 9.17) is 16.3 Å². The summed E-state index contributed by atoms with van der Waals surface area (Å²) in [5.74, 6) is -1.20. The molecule has 1 fully saturated rings. The van der Waals surface area contributed by atoms with Crippen molar-refractivity contribution in [2.75, 3.05) is 19.8 Å². The van der Waals surface area contributed by atoms with E-state index < -0.39 is 17.7 Å². The van der Waals surface area contributed by atoms with E-state index in [2.05, 4.69) is 0 Å². The standard InChI is InChI=1S/C21H20ClNO5/c1-2-28-16-9-5-14(6-10-16)19(25)17-18(13-3-7-15(22)8-4-13)23(11-12-24)21(27)20(17)26/h3-10,18,24-25H,2,11-12H2,1H3/b19-17+. The van der Waals surface area contributed by atoms with Gasteiger partial charge in [0.2, 0.25) is 0 Å². The van der Waals surface area contributed by atoms with Gasteiger partial charge in [0.1, 0.15) is 11.5 Å². The predicted molar refractivity (Wildman–Crippen MR) is 105 cm³/mol. The van der Waals surface area contributed by atoms with Crippen LogP contribution in [0.1, 0.15) is 24.1 Å². The van der Waals surface area contributed by atoms with E-state index >= 15 is 0 Å². The number of halogens is 1. The number of hydrogen-bond donors (Lipinski definition) is 2. The molecule has 2 aromatic rings. The van der Waals surface area contributed by atoms with Gasteiger partial charge < -0.3 is 19.8 Å². The van der Waals surface area contributed by atoms with Crippen LogP contribution in [0.3, 0.4) is 0 Å². The molecule has 28 heavy (non-hydrogen) atoms. The molecule has 1 atom stereocenters. The maximum absolute atomic E-state index is 12.7. The van der Waals surface area contributed by atoms with E-state index in [9.17, 15) is 19.8 Å². The van der Waals surface area contributed by atoms with Crippen molar-refractivity contribution in [3.8, 4) is 5.75 Å². The molecule has 1 saturated heterocycles. The molecule has 1 aliphatic heterocycles. The normalized spacial score (nSPS) is 18.5. The Morgan fingerprint density at radius 3 is 2.32 bits per heavy atom. The van der Waals surface area contributed by atoms with E-state index in [-0.39, 0.29) is 24.5 Å². The fourth-order valence-electron chi connectivity index (χ4n) is 3.24. The molecule has 1 unspecified atom stereocenters. The number of amides is 1. The van der Waals surface area contributed by atoms with Gasteiger partial charge in [-0.1, -0.05) is 23.7 Å². The fourth-order valence-corrected chi connectivity index (χ4v) is 3.37. The summed E-state index contributed by atoms with van der Waals surface area (Å²) in [4.78, 5) is 26.4. The molecule has 2 aromatic carbocycles. The molecule has 0 radical (unpaired) electrons. The Bertz CT molecular complexity index is 905. The maximum atomic E-state index is 12.7. The number of rotatable bonds is 6. The van der Waals surface area contributed by atoms with Gasteiger partial charge in [-0.05, 0) is 48.9 Å². The number of β-amino-alcohol motifs (C(OH)–C–C–N with tert-alkyl or cyclic N) is 1. The highest BCUT2D eigenvalue weighted by Crippen LogP contribution is 2.39. The highest BCUT2D eigenvalue weighted by atomic mass is 35.5. The maximum Gasteiger partial charge on any atom is 0.295 e. The number of ketones is 1. The first kappa shape index (κ1) is 19.9. The molecule has 0 aromatic heterocycles. The van der Waals surface area contributed by atoms with Crippen LogP contribution in [0.25, 0.3) is 5.76 Å². The third-order valence-corrected chi connectivity index (χ3v) is 4.76.